The third kappa shape index (κ3) is 1.65. The van der Waals surface area contributed by atoms with Gasteiger partial charge in [-0.2, -0.15) is 20.6 Å². The normalized spacial score (nSPS) is 10.6. The summed E-state index contributed by atoms with van der Waals surface area (Å²) in [7, 11) is 0. The van der Waals surface area contributed by atoms with Crippen molar-refractivity contribution in [3.05, 3.63) is 24.0 Å². The summed E-state index contributed by atoms with van der Waals surface area (Å²) in [6, 6.07) is 3.83. The summed E-state index contributed by atoms with van der Waals surface area (Å²) < 4.78 is 0. The van der Waals surface area contributed by atoms with Crippen LogP contribution < -0.4 is 0 Å². The van der Waals surface area contributed by atoms with Gasteiger partial charge in [-0.05, 0) is 24.3 Å². The molecular formula is C9H8N8. The predicted molar refractivity (Wildman–Crippen MR) is 57.5 cm³/mol. The molecule has 3 rings (SSSR count). The number of aryl methyl sites for hydroxylation is 1. The second-order valence-electron chi connectivity index (χ2n) is 3.44. The average Bonchev–Trinajstić information content (AvgIpc) is 3.00. The van der Waals surface area contributed by atoms with E-state index in [1.54, 1.807) is 6.20 Å². The van der Waals surface area contributed by atoms with Gasteiger partial charge in [0.15, 0.2) is 5.69 Å². The summed E-state index contributed by atoms with van der Waals surface area (Å²) in [6.45, 7) is 1.92. The molecule has 0 bridgehead atoms. The Morgan fingerprint density at radius 1 is 1.00 bits per heavy atom. The predicted octanol–water partition coefficient (Wildman–Crippen LogP) is 0.355. The fourth-order valence-electron chi connectivity index (χ4n) is 1.46. The van der Waals surface area contributed by atoms with Crippen molar-refractivity contribution in [2.45, 2.75) is 6.92 Å². The first kappa shape index (κ1) is 9.58. The summed E-state index contributed by atoms with van der Waals surface area (Å²) in [5.41, 5.74) is 2.99. The van der Waals surface area contributed by atoms with E-state index in [1.165, 1.54) is 0 Å². The summed E-state index contributed by atoms with van der Waals surface area (Å²) in [4.78, 5) is 4.21. The Morgan fingerprint density at radius 2 is 1.88 bits per heavy atom. The number of hydrogen-bond donors (Lipinski definition) is 2. The lowest BCUT2D eigenvalue weighted by Crippen LogP contribution is -1.88. The molecule has 8 nitrogen and oxygen atoms in total. The van der Waals surface area contributed by atoms with Crippen molar-refractivity contribution in [3.8, 4) is 22.8 Å². The topological polar surface area (TPSA) is 109 Å². The molecule has 84 valence electrons. The highest BCUT2D eigenvalue weighted by Gasteiger charge is 2.15. The van der Waals surface area contributed by atoms with E-state index >= 15 is 0 Å². The highest BCUT2D eigenvalue weighted by molar-refractivity contribution is 5.73. The van der Waals surface area contributed by atoms with Gasteiger partial charge in [-0.1, -0.05) is 0 Å². The van der Waals surface area contributed by atoms with E-state index in [-0.39, 0.29) is 0 Å². The van der Waals surface area contributed by atoms with Crippen LogP contribution in [0.4, 0.5) is 0 Å². The van der Waals surface area contributed by atoms with E-state index in [0.717, 1.165) is 11.3 Å². The van der Waals surface area contributed by atoms with Crippen LogP contribution in [0.15, 0.2) is 18.3 Å². The van der Waals surface area contributed by atoms with E-state index in [4.69, 9.17) is 0 Å². The molecule has 0 aliphatic rings. The Labute approximate surface area is 95.5 Å². The summed E-state index contributed by atoms with van der Waals surface area (Å²) >= 11 is 0. The molecule has 0 fully saturated rings. The van der Waals surface area contributed by atoms with E-state index in [1.807, 2.05) is 19.1 Å². The zero-order chi connectivity index (χ0) is 11.7. The quantitative estimate of drug-likeness (QED) is 0.655. The lowest BCUT2D eigenvalue weighted by Gasteiger charge is -1.97. The van der Waals surface area contributed by atoms with Crippen LogP contribution in [0, 0.1) is 6.92 Å². The zero-order valence-corrected chi connectivity index (χ0v) is 8.92. The molecule has 3 heterocycles. The molecule has 0 amide bonds. The molecule has 0 spiro atoms. The number of nitrogens with one attached hydrogen (secondary N) is 2. The minimum absolute atomic E-state index is 0.398. The van der Waals surface area contributed by atoms with Gasteiger partial charge in [0, 0.05) is 17.5 Å². The Balaban J connectivity index is 2.10. The number of aromatic amines is 2. The van der Waals surface area contributed by atoms with Gasteiger partial charge >= 0.3 is 0 Å². The number of rotatable bonds is 2. The summed E-state index contributed by atoms with van der Waals surface area (Å²) in [5, 5.41) is 24.2. The first-order valence-electron chi connectivity index (χ1n) is 4.92. The van der Waals surface area contributed by atoms with Gasteiger partial charge in [0.1, 0.15) is 5.69 Å². The molecule has 0 atom stereocenters. The minimum Gasteiger partial charge on any atom is -0.261 e. The van der Waals surface area contributed by atoms with Gasteiger partial charge in [-0.15, -0.1) is 10.2 Å². The minimum atomic E-state index is 0.398. The van der Waals surface area contributed by atoms with Gasteiger partial charge < -0.3 is 0 Å². The molecule has 2 N–H and O–H groups in total. The fourth-order valence-corrected chi connectivity index (χ4v) is 1.46. The SMILES string of the molecule is Cc1ccc(-c2n[nH]nc2-c2nn[nH]n2)cn1. The zero-order valence-electron chi connectivity index (χ0n) is 8.92. The van der Waals surface area contributed by atoms with E-state index < -0.39 is 0 Å². The Hall–Kier alpha value is -2.64. The molecule has 3 aromatic heterocycles. The van der Waals surface area contributed by atoms with Crippen LogP contribution in [0.25, 0.3) is 22.8 Å². The number of nitrogens with zero attached hydrogens (tertiary/aromatic N) is 6. The lowest BCUT2D eigenvalue weighted by atomic mass is 10.1. The monoisotopic (exact) mass is 228 g/mol. The maximum absolute atomic E-state index is 4.21. The third-order valence-electron chi connectivity index (χ3n) is 2.29. The van der Waals surface area contributed by atoms with E-state index in [0.29, 0.717) is 17.2 Å². The van der Waals surface area contributed by atoms with Crippen molar-refractivity contribution in [3.63, 3.8) is 0 Å². The van der Waals surface area contributed by atoms with Crippen LogP contribution in [0.5, 0.6) is 0 Å². The van der Waals surface area contributed by atoms with Crippen LogP contribution in [0.3, 0.4) is 0 Å². The smallest absolute Gasteiger partial charge is 0.227 e. The van der Waals surface area contributed by atoms with Crippen LogP contribution >= 0.6 is 0 Å². The maximum Gasteiger partial charge on any atom is 0.227 e. The van der Waals surface area contributed by atoms with Gasteiger partial charge in [-0.25, -0.2) is 0 Å². The molecule has 0 aliphatic heterocycles. The molecule has 8 heteroatoms. The van der Waals surface area contributed by atoms with Crippen molar-refractivity contribution in [2.75, 3.05) is 0 Å². The largest absolute Gasteiger partial charge is 0.261 e. The van der Waals surface area contributed by atoms with Crippen molar-refractivity contribution in [1.29, 1.82) is 0 Å². The molecule has 0 aromatic carbocycles. The van der Waals surface area contributed by atoms with Crippen molar-refractivity contribution < 1.29 is 0 Å². The maximum atomic E-state index is 4.21. The third-order valence-corrected chi connectivity index (χ3v) is 2.29. The summed E-state index contributed by atoms with van der Waals surface area (Å²) in [5.74, 6) is 0.398. The molecule has 3 aromatic rings. The number of H-pyrrole nitrogens is 2. The van der Waals surface area contributed by atoms with Crippen LogP contribution in [0.2, 0.25) is 0 Å². The Morgan fingerprint density at radius 3 is 2.59 bits per heavy atom. The molecule has 0 saturated carbocycles. The fraction of sp³-hybridized carbons (Fsp3) is 0.111. The summed E-state index contributed by atoms with van der Waals surface area (Å²) in [6.07, 6.45) is 1.73. The number of aromatic nitrogens is 8. The first-order chi connectivity index (χ1) is 8.34. The second kappa shape index (κ2) is 3.74. The van der Waals surface area contributed by atoms with Crippen molar-refractivity contribution in [2.24, 2.45) is 0 Å². The second-order valence-corrected chi connectivity index (χ2v) is 3.44. The molecule has 0 aliphatic carbocycles. The van der Waals surface area contributed by atoms with Crippen molar-refractivity contribution in [1.82, 2.24) is 41.0 Å². The standard InChI is InChI=1S/C9H8N8/c1-5-2-3-6(4-10-5)7-8(12-15-11-7)9-13-16-17-14-9/h2-4H,1H3,(H,11,12,15)(H,13,14,16,17). The average molecular weight is 228 g/mol. The molecule has 17 heavy (non-hydrogen) atoms. The molecular weight excluding hydrogens is 220 g/mol. The Kier molecular flexibility index (Phi) is 2.11. The van der Waals surface area contributed by atoms with Crippen LogP contribution in [-0.2, 0) is 0 Å². The van der Waals surface area contributed by atoms with Gasteiger partial charge in [0.05, 0.1) is 0 Å². The molecule has 0 saturated heterocycles. The van der Waals surface area contributed by atoms with Crippen molar-refractivity contribution >= 4 is 0 Å². The van der Waals surface area contributed by atoms with E-state index in [9.17, 15) is 0 Å². The van der Waals surface area contributed by atoms with E-state index in [2.05, 4.69) is 41.0 Å². The highest BCUT2D eigenvalue weighted by atomic mass is 15.5. The van der Waals surface area contributed by atoms with Crippen LogP contribution in [-0.4, -0.2) is 41.0 Å². The first-order valence-corrected chi connectivity index (χ1v) is 4.92. The molecule has 0 unspecified atom stereocenters. The van der Waals surface area contributed by atoms with Gasteiger partial charge in [0.25, 0.3) is 0 Å². The van der Waals surface area contributed by atoms with Crippen LogP contribution in [0.1, 0.15) is 5.69 Å². The lowest BCUT2D eigenvalue weighted by molar-refractivity contribution is 0.881. The van der Waals surface area contributed by atoms with Gasteiger partial charge in [-0.3, -0.25) is 4.98 Å². The Bertz CT molecular complexity index is 609. The van der Waals surface area contributed by atoms with Gasteiger partial charge in [0.2, 0.25) is 5.82 Å². The highest BCUT2D eigenvalue weighted by Crippen LogP contribution is 2.24. The number of hydrogen-bond acceptors (Lipinski definition) is 6. The number of tetrazole rings is 1. The molecule has 0 radical (unpaired) electrons. The number of pyridine rings is 1.